The number of carbonyl (C=O) groups excluding carboxylic acids is 2. The van der Waals surface area contributed by atoms with Crippen molar-refractivity contribution in [1.29, 1.82) is 0 Å². The molecule has 1 aromatic heterocycles. The number of hydrogen-bond acceptors (Lipinski definition) is 4. The number of rotatable bonds is 5. The van der Waals surface area contributed by atoms with Crippen LogP contribution in [0.15, 0.2) is 48.8 Å². The Hall–Kier alpha value is -2.49. The first kappa shape index (κ1) is 14.9. The molecule has 0 spiro atoms. The van der Waals surface area contributed by atoms with Crippen molar-refractivity contribution in [3.63, 3.8) is 0 Å². The molecule has 0 bridgehead atoms. The van der Waals surface area contributed by atoms with Crippen molar-refractivity contribution in [2.24, 2.45) is 0 Å². The summed E-state index contributed by atoms with van der Waals surface area (Å²) in [6, 6.07) is 10.3. The van der Waals surface area contributed by atoms with E-state index in [2.05, 4.69) is 4.98 Å². The summed E-state index contributed by atoms with van der Waals surface area (Å²) in [6.07, 6.45) is 3.84. The highest BCUT2D eigenvalue weighted by Gasteiger charge is 2.13. The fraction of sp³-hybridized carbons (Fsp3) is 0.235. The summed E-state index contributed by atoms with van der Waals surface area (Å²) < 4.78 is 5.39. The lowest BCUT2D eigenvalue weighted by atomic mass is 10.1. The first-order chi connectivity index (χ1) is 10.1. The molecule has 0 fully saturated rings. The number of esters is 1. The predicted molar refractivity (Wildman–Crippen MR) is 79.3 cm³/mol. The number of benzene rings is 1. The van der Waals surface area contributed by atoms with Gasteiger partial charge in [-0.25, -0.2) is 4.79 Å². The van der Waals surface area contributed by atoms with Crippen molar-refractivity contribution in [1.82, 2.24) is 4.98 Å². The lowest BCUT2D eigenvalue weighted by Gasteiger charge is -2.13. The van der Waals surface area contributed by atoms with Gasteiger partial charge in [-0.15, -0.1) is 0 Å². The van der Waals surface area contributed by atoms with Crippen LogP contribution in [0, 0.1) is 0 Å². The monoisotopic (exact) mass is 283 g/mol. The normalized spacial score (nSPS) is 11.7. The van der Waals surface area contributed by atoms with E-state index >= 15 is 0 Å². The molecule has 0 aliphatic heterocycles. The average molecular weight is 283 g/mol. The molecule has 0 aliphatic carbocycles. The van der Waals surface area contributed by atoms with Crippen molar-refractivity contribution in [2.45, 2.75) is 26.4 Å². The van der Waals surface area contributed by atoms with Gasteiger partial charge in [-0.3, -0.25) is 9.78 Å². The first-order valence-corrected chi connectivity index (χ1v) is 6.77. The number of ketones is 1. The fourth-order valence-electron chi connectivity index (χ4n) is 1.98. The van der Waals surface area contributed by atoms with Crippen LogP contribution in [0.5, 0.6) is 0 Å². The number of aromatic nitrogens is 1. The highest BCUT2D eigenvalue weighted by Crippen LogP contribution is 2.10. The van der Waals surface area contributed by atoms with Crippen molar-refractivity contribution >= 4 is 11.8 Å². The maximum atomic E-state index is 12.0. The van der Waals surface area contributed by atoms with Crippen LogP contribution >= 0.6 is 0 Å². The van der Waals surface area contributed by atoms with E-state index in [1.165, 1.54) is 6.92 Å². The topological polar surface area (TPSA) is 56.3 Å². The molecule has 108 valence electrons. The first-order valence-electron chi connectivity index (χ1n) is 6.77. The van der Waals surface area contributed by atoms with Crippen LogP contribution in [0.3, 0.4) is 0 Å². The molecule has 0 N–H and O–H groups in total. The fourth-order valence-corrected chi connectivity index (χ4v) is 1.98. The zero-order chi connectivity index (χ0) is 15.2. The number of ether oxygens (including phenoxy) is 1. The summed E-state index contributed by atoms with van der Waals surface area (Å²) in [6.45, 7) is 3.33. The highest BCUT2D eigenvalue weighted by molar-refractivity contribution is 5.96. The van der Waals surface area contributed by atoms with Crippen LogP contribution in [0.2, 0.25) is 0 Å². The Balaban J connectivity index is 1.96. The molecule has 1 atom stereocenters. The van der Waals surface area contributed by atoms with Gasteiger partial charge >= 0.3 is 5.97 Å². The maximum Gasteiger partial charge on any atom is 0.338 e. The van der Waals surface area contributed by atoms with Crippen molar-refractivity contribution in [3.8, 4) is 0 Å². The quantitative estimate of drug-likeness (QED) is 0.625. The summed E-state index contributed by atoms with van der Waals surface area (Å²) in [5, 5.41) is 0. The largest absolute Gasteiger partial charge is 0.459 e. The molecule has 4 nitrogen and oxygen atoms in total. The predicted octanol–water partition coefficient (Wildman–Crippen LogP) is 3.07. The Labute approximate surface area is 123 Å². The molecular formula is C17H17NO3. The van der Waals surface area contributed by atoms with E-state index in [1.807, 2.05) is 19.1 Å². The van der Waals surface area contributed by atoms with Gasteiger partial charge in [0.05, 0.1) is 5.56 Å². The van der Waals surface area contributed by atoms with Gasteiger partial charge in [0.25, 0.3) is 0 Å². The Kier molecular flexibility index (Phi) is 4.82. The van der Waals surface area contributed by atoms with E-state index in [0.717, 1.165) is 5.56 Å². The third-order valence-corrected chi connectivity index (χ3v) is 3.08. The van der Waals surface area contributed by atoms with Gasteiger partial charge in [-0.1, -0.05) is 18.2 Å². The standard InChI is InChI=1S/C17H17NO3/c1-12(10-14-4-3-9-18-11-14)21-17(20)16-7-5-15(6-8-16)13(2)19/h3-9,11-12H,10H2,1-2H3/t12-/m1/s1. The Bertz CT molecular complexity index is 620. The zero-order valence-electron chi connectivity index (χ0n) is 12.1. The second-order valence-corrected chi connectivity index (χ2v) is 4.91. The number of carbonyl (C=O) groups is 2. The molecule has 0 saturated carbocycles. The van der Waals surface area contributed by atoms with Crippen LogP contribution < -0.4 is 0 Å². The Morgan fingerprint density at radius 3 is 2.38 bits per heavy atom. The van der Waals surface area contributed by atoms with E-state index in [9.17, 15) is 9.59 Å². The summed E-state index contributed by atoms with van der Waals surface area (Å²) in [4.78, 5) is 27.2. The van der Waals surface area contributed by atoms with Crippen LogP contribution in [-0.2, 0) is 11.2 Å². The summed E-state index contributed by atoms with van der Waals surface area (Å²) in [7, 11) is 0. The highest BCUT2D eigenvalue weighted by atomic mass is 16.5. The second kappa shape index (κ2) is 6.79. The van der Waals surface area contributed by atoms with E-state index in [4.69, 9.17) is 4.74 Å². The molecule has 0 radical (unpaired) electrons. The third-order valence-electron chi connectivity index (χ3n) is 3.08. The third kappa shape index (κ3) is 4.24. The number of Topliss-reactive ketones (excluding diaryl/α,β-unsaturated/α-hetero) is 1. The lowest BCUT2D eigenvalue weighted by Crippen LogP contribution is -2.17. The molecule has 1 heterocycles. The van der Waals surface area contributed by atoms with Gasteiger partial charge < -0.3 is 4.74 Å². The second-order valence-electron chi connectivity index (χ2n) is 4.91. The maximum absolute atomic E-state index is 12.0. The van der Waals surface area contributed by atoms with Crippen LogP contribution in [0.4, 0.5) is 0 Å². The molecule has 2 aromatic rings. The molecule has 0 saturated heterocycles. The summed E-state index contributed by atoms with van der Waals surface area (Å²) in [5.41, 5.74) is 2.04. The van der Waals surface area contributed by atoms with Crippen LogP contribution in [0.25, 0.3) is 0 Å². The van der Waals surface area contributed by atoms with Crippen molar-refractivity contribution < 1.29 is 14.3 Å². The van der Waals surface area contributed by atoms with E-state index in [1.54, 1.807) is 36.7 Å². The lowest BCUT2D eigenvalue weighted by molar-refractivity contribution is 0.0342. The van der Waals surface area contributed by atoms with Gasteiger partial charge in [0.2, 0.25) is 0 Å². The smallest absolute Gasteiger partial charge is 0.338 e. The molecule has 0 unspecified atom stereocenters. The van der Waals surface area contributed by atoms with E-state index < -0.39 is 0 Å². The van der Waals surface area contributed by atoms with E-state index in [0.29, 0.717) is 17.5 Å². The van der Waals surface area contributed by atoms with Gasteiger partial charge in [0.15, 0.2) is 5.78 Å². The van der Waals surface area contributed by atoms with Crippen molar-refractivity contribution in [3.05, 3.63) is 65.5 Å². The molecule has 0 aliphatic rings. The molecular weight excluding hydrogens is 266 g/mol. The minimum atomic E-state index is -0.388. The van der Waals surface area contributed by atoms with Gasteiger partial charge in [0, 0.05) is 24.4 Å². The van der Waals surface area contributed by atoms with Gasteiger partial charge in [-0.05, 0) is 37.6 Å². The van der Waals surface area contributed by atoms with Gasteiger partial charge in [-0.2, -0.15) is 0 Å². The van der Waals surface area contributed by atoms with Crippen molar-refractivity contribution in [2.75, 3.05) is 0 Å². The van der Waals surface area contributed by atoms with Crippen LogP contribution in [-0.4, -0.2) is 22.8 Å². The number of hydrogen-bond donors (Lipinski definition) is 0. The zero-order valence-corrected chi connectivity index (χ0v) is 12.1. The minimum absolute atomic E-state index is 0.0279. The minimum Gasteiger partial charge on any atom is -0.459 e. The Morgan fingerprint density at radius 1 is 1.14 bits per heavy atom. The SMILES string of the molecule is CC(=O)c1ccc(C(=O)O[C@H](C)Cc2cccnc2)cc1. The average Bonchev–Trinajstić information content (AvgIpc) is 2.48. The van der Waals surface area contributed by atoms with Gasteiger partial charge in [0.1, 0.15) is 6.10 Å². The number of pyridine rings is 1. The molecule has 2 rings (SSSR count). The summed E-state index contributed by atoms with van der Waals surface area (Å²) in [5.74, 6) is -0.415. The molecule has 1 aromatic carbocycles. The van der Waals surface area contributed by atoms with Crippen LogP contribution in [0.1, 0.15) is 40.1 Å². The molecule has 21 heavy (non-hydrogen) atoms. The number of nitrogens with zero attached hydrogens (tertiary/aromatic N) is 1. The molecule has 0 amide bonds. The summed E-state index contributed by atoms with van der Waals surface area (Å²) >= 11 is 0. The molecule has 4 heteroatoms. The Morgan fingerprint density at radius 2 is 1.81 bits per heavy atom. The van der Waals surface area contributed by atoms with E-state index in [-0.39, 0.29) is 17.9 Å².